The van der Waals surface area contributed by atoms with Gasteiger partial charge in [0.05, 0.1) is 5.56 Å². The van der Waals surface area contributed by atoms with Gasteiger partial charge in [0.2, 0.25) is 0 Å². The van der Waals surface area contributed by atoms with Crippen LogP contribution in [0.4, 0.5) is 13.2 Å². The Morgan fingerprint density at radius 1 is 0.947 bits per heavy atom. The monoisotopic (exact) mass is 264 g/mol. The van der Waals surface area contributed by atoms with E-state index in [4.69, 9.17) is 0 Å². The van der Waals surface area contributed by atoms with E-state index < -0.39 is 34.7 Å². The van der Waals surface area contributed by atoms with Crippen LogP contribution in [-0.2, 0) is 0 Å². The first-order valence-corrected chi connectivity index (χ1v) is 5.75. The molecule has 0 heterocycles. The molecule has 2 aromatic rings. The Morgan fingerprint density at radius 3 is 2.21 bits per heavy atom. The molecule has 0 N–H and O–H groups in total. The van der Waals surface area contributed by atoms with Crippen molar-refractivity contribution < 1.29 is 18.0 Å². The van der Waals surface area contributed by atoms with Crippen molar-refractivity contribution in [2.45, 2.75) is 12.8 Å². The van der Waals surface area contributed by atoms with Crippen molar-refractivity contribution in [3.05, 3.63) is 71.0 Å². The van der Waals surface area contributed by atoms with Crippen LogP contribution in [0.2, 0.25) is 0 Å². The van der Waals surface area contributed by atoms with Gasteiger partial charge in [-0.1, -0.05) is 37.3 Å². The highest BCUT2D eigenvalue weighted by atomic mass is 19.2. The second-order valence-electron chi connectivity index (χ2n) is 4.22. The van der Waals surface area contributed by atoms with Crippen LogP contribution in [-0.4, -0.2) is 5.78 Å². The number of halogens is 3. The van der Waals surface area contributed by atoms with E-state index in [-0.39, 0.29) is 0 Å². The van der Waals surface area contributed by atoms with E-state index in [0.717, 1.165) is 12.1 Å². The molecule has 98 valence electrons. The number of rotatable bonds is 3. The van der Waals surface area contributed by atoms with Gasteiger partial charge in [-0.25, -0.2) is 13.2 Å². The molecule has 1 nitrogen and oxygen atoms in total. The number of benzene rings is 2. The van der Waals surface area contributed by atoms with E-state index in [2.05, 4.69) is 0 Å². The van der Waals surface area contributed by atoms with Crippen molar-refractivity contribution in [1.82, 2.24) is 0 Å². The average molecular weight is 264 g/mol. The third kappa shape index (κ3) is 2.52. The minimum absolute atomic E-state index is 0.435. The van der Waals surface area contributed by atoms with Gasteiger partial charge in [-0.15, -0.1) is 0 Å². The second-order valence-corrected chi connectivity index (χ2v) is 4.22. The Morgan fingerprint density at radius 2 is 1.58 bits per heavy atom. The maximum Gasteiger partial charge on any atom is 0.195 e. The highest BCUT2D eigenvalue weighted by molar-refractivity contribution is 6.00. The molecular weight excluding hydrogens is 253 g/mol. The van der Waals surface area contributed by atoms with Crippen molar-refractivity contribution >= 4 is 5.78 Å². The molecule has 0 aromatic heterocycles. The second kappa shape index (κ2) is 5.26. The van der Waals surface area contributed by atoms with Gasteiger partial charge in [0.25, 0.3) is 0 Å². The van der Waals surface area contributed by atoms with Crippen LogP contribution >= 0.6 is 0 Å². The number of hydrogen-bond donors (Lipinski definition) is 0. The van der Waals surface area contributed by atoms with Gasteiger partial charge >= 0.3 is 0 Å². The normalized spacial score (nSPS) is 12.2. The fraction of sp³-hybridized carbons (Fsp3) is 0.133. The molecule has 2 rings (SSSR count). The fourth-order valence-corrected chi connectivity index (χ4v) is 1.84. The zero-order chi connectivity index (χ0) is 14.0. The van der Waals surface area contributed by atoms with E-state index in [1.54, 1.807) is 37.3 Å². The maximum absolute atomic E-state index is 13.6. The molecule has 0 spiro atoms. The minimum atomic E-state index is -1.62. The molecule has 4 heteroatoms. The molecule has 1 atom stereocenters. The Labute approximate surface area is 108 Å². The van der Waals surface area contributed by atoms with Crippen LogP contribution in [0.3, 0.4) is 0 Å². The van der Waals surface area contributed by atoms with E-state index in [1.165, 1.54) is 0 Å². The highest BCUT2D eigenvalue weighted by Gasteiger charge is 2.23. The van der Waals surface area contributed by atoms with Crippen LogP contribution in [0.25, 0.3) is 0 Å². The first kappa shape index (κ1) is 13.3. The van der Waals surface area contributed by atoms with Crippen molar-refractivity contribution in [2.75, 3.05) is 0 Å². The first-order valence-electron chi connectivity index (χ1n) is 5.75. The number of ketones is 1. The predicted octanol–water partition coefficient (Wildman–Crippen LogP) is 4.09. The summed E-state index contributed by atoms with van der Waals surface area (Å²) in [4.78, 5) is 12.1. The maximum atomic E-state index is 13.6. The summed E-state index contributed by atoms with van der Waals surface area (Å²) in [6.45, 7) is 1.60. The lowest BCUT2D eigenvalue weighted by molar-refractivity contribution is 0.0961. The summed E-state index contributed by atoms with van der Waals surface area (Å²) in [5, 5.41) is 0. The zero-order valence-electron chi connectivity index (χ0n) is 10.2. The van der Waals surface area contributed by atoms with E-state index >= 15 is 0 Å². The summed E-state index contributed by atoms with van der Waals surface area (Å²) in [5.41, 5.74) is 0.256. The van der Waals surface area contributed by atoms with Crippen LogP contribution < -0.4 is 0 Å². The van der Waals surface area contributed by atoms with Crippen LogP contribution in [0.5, 0.6) is 0 Å². The van der Waals surface area contributed by atoms with E-state index in [0.29, 0.717) is 5.56 Å². The third-order valence-corrected chi connectivity index (χ3v) is 2.99. The van der Waals surface area contributed by atoms with Gasteiger partial charge in [-0.2, -0.15) is 0 Å². The number of hydrogen-bond acceptors (Lipinski definition) is 1. The van der Waals surface area contributed by atoms with Gasteiger partial charge < -0.3 is 0 Å². The van der Waals surface area contributed by atoms with Crippen LogP contribution in [0.1, 0.15) is 28.8 Å². The smallest absolute Gasteiger partial charge is 0.195 e. The summed E-state index contributed by atoms with van der Waals surface area (Å²) < 4.78 is 39.5. The Bertz CT molecular complexity index is 608. The lowest BCUT2D eigenvalue weighted by atomic mass is 9.92. The Kier molecular flexibility index (Phi) is 3.69. The molecule has 0 saturated heterocycles. The fourth-order valence-electron chi connectivity index (χ4n) is 1.84. The largest absolute Gasteiger partial charge is 0.293 e. The van der Waals surface area contributed by atoms with Crippen molar-refractivity contribution in [2.24, 2.45) is 0 Å². The molecule has 0 aliphatic carbocycles. The van der Waals surface area contributed by atoms with Gasteiger partial charge in [0, 0.05) is 5.92 Å². The lowest BCUT2D eigenvalue weighted by Gasteiger charge is -2.11. The number of Topliss-reactive ketones (excluding diaryl/α,β-unsaturated/α-hetero) is 1. The van der Waals surface area contributed by atoms with Gasteiger partial charge in [0.1, 0.15) is 0 Å². The summed E-state index contributed by atoms with van der Waals surface area (Å²) in [5.74, 6) is -5.57. The van der Waals surface area contributed by atoms with Gasteiger partial charge in [-0.05, 0) is 17.7 Å². The predicted molar refractivity (Wildman–Crippen MR) is 65.5 cm³/mol. The molecule has 1 unspecified atom stereocenters. The summed E-state index contributed by atoms with van der Waals surface area (Å²) >= 11 is 0. The molecule has 19 heavy (non-hydrogen) atoms. The summed E-state index contributed by atoms with van der Waals surface area (Å²) in [6, 6.07) is 10.5. The zero-order valence-corrected chi connectivity index (χ0v) is 10.2. The van der Waals surface area contributed by atoms with Gasteiger partial charge in [0.15, 0.2) is 23.2 Å². The standard InChI is InChI=1S/C15H11F3O/c1-9(10-5-3-2-4-6-10)15(19)11-7-8-12(16)14(18)13(11)17/h2-9H,1H3. The molecule has 2 aromatic carbocycles. The van der Waals surface area contributed by atoms with Crippen LogP contribution in [0.15, 0.2) is 42.5 Å². The Hall–Kier alpha value is -2.10. The van der Waals surface area contributed by atoms with E-state index in [1.807, 2.05) is 0 Å². The van der Waals surface area contributed by atoms with Gasteiger partial charge in [-0.3, -0.25) is 4.79 Å². The number of carbonyl (C=O) groups excluding carboxylic acids is 1. The lowest BCUT2D eigenvalue weighted by Crippen LogP contribution is -2.13. The molecule has 0 aliphatic rings. The van der Waals surface area contributed by atoms with E-state index in [9.17, 15) is 18.0 Å². The third-order valence-electron chi connectivity index (χ3n) is 2.99. The minimum Gasteiger partial charge on any atom is -0.293 e. The molecule has 0 bridgehead atoms. The molecule has 0 saturated carbocycles. The SMILES string of the molecule is CC(C(=O)c1ccc(F)c(F)c1F)c1ccccc1. The van der Waals surface area contributed by atoms with Crippen molar-refractivity contribution in [3.63, 3.8) is 0 Å². The first-order chi connectivity index (χ1) is 9.02. The van der Waals surface area contributed by atoms with Crippen molar-refractivity contribution in [1.29, 1.82) is 0 Å². The summed E-state index contributed by atoms with van der Waals surface area (Å²) in [6.07, 6.45) is 0. The molecule has 0 amide bonds. The summed E-state index contributed by atoms with van der Waals surface area (Å²) in [7, 11) is 0. The Balaban J connectivity index is 2.38. The van der Waals surface area contributed by atoms with Crippen LogP contribution in [0, 0.1) is 17.5 Å². The molecule has 0 fully saturated rings. The topological polar surface area (TPSA) is 17.1 Å². The number of carbonyl (C=O) groups is 1. The quantitative estimate of drug-likeness (QED) is 0.602. The average Bonchev–Trinajstić information content (AvgIpc) is 2.44. The molecular formula is C15H11F3O. The molecule has 0 aliphatic heterocycles. The molecule has 0 radical (unpaired) electrons. The highest BCUT2D eigenvalue weighted by Crippen LogP contribution is 2.23. The van der Waals surface area contributed by atoms with Crippen molar-refractivity contribution in [3.8, 4) is 0 Å².